The van der Waals surface area contributed by atoms with Crippen molar-refractivity contribution >= 4 is 11.9 Å². The summed E-state index contributed by atoms with van der Waals surface area (Å²) >= 11 is 0. The van der Waals surface area contributed by atoms with E-state index < -0.39 is 5.54 Å². The second-order valence-electron chi connectivity index (χ2n) is 5.44. The molecule has 0 amide bonds. The maximum absolute atomic E-state index is 6.58. The highest BCUT2D eigenvalue weighted by Gasteiger charge is 2.46. The number of hydrogen-bond donors (Lipinski definition) is 2. The van der Waals surface area contributed by atoms with Gasteiger partial charge in [0.05, 0.1) is 17.3 Å². The summed E-state index contributed by atoms with van der Waals surface area (Å²) in [6, 6.07) is 7.71. The minimum atomic E-state index is -0.564. The van der Waals surface area contributed by atoms with Crippen LogP contribution >= 0.6 is 0 Å². The van der Waals surface area contributed by atoms with Crippen LogP contribution in [0.2, 0.25) is 0 Å². The molecule has 2 atom stereocenters. The van der Waals surface area contributed by atoms with Crippen LogP contribution in [0.1, 0.15) is 26.3 Å². The van der Waals surface area contributed by atoms with Gasteiger partial charge in [-0.15, -0.1) is 0 Å². The van der Waals surface area contributed by atoms with Gasteiger partial charge in [0.2, 0.25) is 0 Å². The zero-order valence-electron chi connectivity index (χ0n) is 10.1. The minimum absolute atomic E-state index is 0.116. The molecule has 0 saturated heterocycles. The van der Waals surface area contributed by atoms with Gasteiger partial charge >= 0.3 is 0 Å². The van der Waals surface area contributed by atoms with Crippen LogP contribution < -0.4 is 11.5 Å². The standard InChI is InChI=1S/C13H19N3/c1-12(2,3)13(15)9-6-4-5-7-10(9)16-8-11(13)14/h4-8,11H,14-15H2,1-3H3. The van der Waals surface area contributed by atoms with Crippen molar-refractivity contribution in [1.82, 2.24) is 0 Å². The Labute approximate surface area is 96.6 Å². The molecule has 1 aromatic carbocycles. The normalized spacial score (nSPS) is 28.9. The van der Waals surface area contributed by atoms with Crippen molar-refractivity contribution < 1.29 is 0 Å². The average molecular weight is 217 g/mol. The monoisotopic (exact) mass is 217 g/mol. The van der Waals surface area contributed by atoms with Gasteiger partial charge in [-0.1, -0.05) is 39.0 Å². The predicted octanol–water partition coefficient (Wildman–Crippen LogP) is 1.93. The highest BCUT2D eigenvalue weighted by atomic mass is 14.9. The van der Waals surface area contributed by atoms with Crippen LogP contribution in [0, 0.1) is 5.41 Å². The summed E-state index contributed by atoms with van der Waals surface area (Å²) in [4.78, 5) is 4.35. The summed E-state index contributed by atoms with van der Waals surface area (Å²) in [6.07, 6.45) is 1.76. The molecular weight excluding hydrogens is 198 g/mol. The Morgan fingerprint density at radius 3 is 2.50 bits per heavy atom. The van der Waals surface area contributed by atoms with Crippen molar-refractivity contribution in [2.45, 2.75) is 32.4 Å². The van der Waals surface area contributed by atoms with Gasteiger partial charge in [-0.3, -0.25) is 4.99 Å². The number of rotatable bonds is 0. The Bertz CT molecular complexity index is 431. The van der Waals surface area contributed by atoms with Crippen LogP contribution in [0.4, 0.5) is 5.69 Å². The van der Waals surface area contributed by atoms with Crippen molar-refractivity contribution in [1.29, 1.82) is 0 Å². The number of nitrogens with two attached hydrogens (primary N) is 2. The highest BCUT2D eigenvalue weighted by Crippen LogP contribution is 2.44. The first-order valence-corrected chi connectivity index (χ1v) is 5.55. The summed E-state index contributed by atoms with van der Waals surface area (Å²) in [5, 5.41) is 0. The summed E-state index contributed by atoms with van der Waals surface area (Å²) in [5.74, 6) is 0. The number of fused-ring (bicyclic) bond motifs is 1. The molecule has 0 aliphatic carbocycles. The van der Waals surface area contributed by atoms with Gasteiger partial charge in [-0.25, -0.2) is 0 Å². The van der Waals surface area contributed by atoms with E-state index in [0.717, 1.165) is 11.3 Å². The van der Waals surface area contributed by atoms with E-state index in [4.69, 9.17) is 11.5 Å². The molecule has 0 aromatic heterocycles. The fourth-order valence-corrected chi connectivity index (χ4v) is 2.30. The van der Waals surface area contributed by atoms with Crippen LogP contribution in [0.5, 0.6) is 0 Å². The van der Waals surface area contributed by atoms with Crippen LogP contribution in [0.15, 0.2) is 29.3 Å². The molecule has 0 saturated carbocycles. The Morgan fingerprint density at radius 1 is 1.25 bits per heavy atom. The van der Waals surface area contributed by atoms with Crippen molar-refractivity contribution in [3.63, 3.8) is 0 Å². The molecule has 0 bridgehead atoms. The van der Waals surface area contributed by atoms with Gasteiger partial charge in [0.25, 0.3) is 0 Å². The molecule has 0 radical (unpaired) electrons. The van der Waals surface area contributed by atoms with E-state index in [9.17, 15) is 0 Å². The maximum Gasteiger partial charge on any atom is 0.0684 e. The molecule has 1 aromatic rings. The topological polar surface area (TPSA) is 64.4 Å². The third kappa shape index (κ3) is 1.39. The fraction of sp³-hybridized carbons (Fsp3) is 0.462. The number of nitrogens with zero attached hydrogens (tertiary/aromatic N) is 1. The lowest BCUT2D eigenvalue weighted by atomic mass is 9.65. The van der Waals surface area contributed by atoms with Crippen LogP contribution in [0.25, 0.3) is 0 Å². The molecule has 2 unspecified atom stereocenters. The number of aliphatic imine (C=N–C) groups is 1. The summed E-state index contributed by atoms with van der Waals surface area (Å²) in [7, 11) is 0. The first-order valence-electron chi connectivity index (χ1n) is 5.55. The number of hydrogen-bond acceptors (Lipinski definition) is 3. The van der Waals surface area contributed by atoms with Crippen LogP contribution in [0.3, 0.4) is 0 Å². The first-order chi connectivity index (χ1) is 7.37. The Kier molecular flexibility index (Phi) is 2.40. The second kappa shape index (κ2) is 3.40. The summed E-state index contributed by atoms with van der Waals surface area (Å²) in [5.41, 5.74) is 14.0. The highest BCUT2D eigenvalue weighted by molar-refractivity contribution is 5.77. The summed E-state index contributed by atoms with van der Waals surface area (Å²) in [6.45, 7) is 6.34. The lowest BCUT2D eigenvalue weighted by Crippen LogP contribution is -2.62. The third-order valence-corrected chi connectivity index (χ3v) is 3.49. The van der Waals surface area contributed by atoms with Gasteiger partial charge < -0.3 is 11.5 Å². The van der Waals surface area contributed by atoms with E-state index in [1.165, 1.54) is 0 Å². The molecule has 0 spiro atoms. The lowest BCUT2D eigenvalue weighted by Gasteiger charge is -2.47. The predicted molar refractivity (Wildman–Crippen MR) is 67.9 cm³/mol. The number of benzene rings is 1. The van der Waals surface area contributed by atoms with Crippen molar-refractivity contribution in [2.75, 3.05) is 0 Å². The van der Waals surface area contributed by atoms with Crippen LogP contribution in [-0.4, -0.2) is 12.3 Å². The Morgan fingerprint density at radius 2 is 1.88 bits per heavy atom. The SMILES string of the molecule is CC(C)(C)C1(N)c2ccccc2N=CC1N. The Balaban J connectivity index is 2.66. The molecule has 16 heavy (non-hydrogen) atoms. The molecule has 1 aliphatic heterocycles. The largest absolute Gasteiger partial charge is 0.321 e. The quantitative estimate of drug-likeness (QED) is 0.697. The molecular formula is C13H19N3. The maximum atomic E-state index is 6.58. The van der Waals surface area contributed by atoms with Crippen molar-refractivity contribution in [2.24, 2.45) is 21.9 Å². The second-order valence-corrected chi connectivity index (χ2v) is 5.44. The fourth-order valence-electron chi connectivity index (χ4n) is 2.30. The van der Waals surface area contributed by atoms with Gasteiger partial charge in [-0.05, 0) is 11.5 Å². The number of para-hydroxylation sites is 1. The van der Waals surface area contributed by atoms with Crippen molar-refractivity contribution in [3.05, 3.63) is 29.8 Å². The molecule has 4 N–H and O–H groups in total. The molecule has 0 fully saturated rings. The van der Waals surface area contributed by atoms with Gasteiger partial charge in [0.15, 0.2) is 0 Å². The molecule has 2 rings (SSSR count). The summed E-state index contributed by atoms with van der Waals surface area (Å²) < 4.78 is 0. The van der Waals surface area contributed by atoms with E-state index in [0.29, 0.717) is 0 Å². The van der Waals surface area contributed by atoms with E-state index in [2.05, 4.69) is 25.8 Å². The Hall–Kier alpha value is -1.19. The molecule has 1 heterocycles. The third-order valence-electron chi connectivity index (χ3n) is 3.49. The van der Waals surface area contributed by atoms with Gasteiger partial charge in [-0.2, -0.15) is 0 Å². The van der Waals surface area contributed by atoms with Crippen molar-refractivity contribution in [3.8, 4) is 0 Å². The molecule has 3 nitrogen and oxygen atoms in total. The van der Waals surface area contributed by atoms with Gasteiger partial charge in [0.1, 0.15) is 0 Å². The van der Waals surface area contributed by atoms with E-state index in [-0.39, 0.29) is 11.5 Å². The van der Waals surface area contributed by atoms with Gasteiger partial charge in [0, 0.05) is 11.8 Å². The zero-order valence-corrected chi connectivity index (χ0v) is 10.1. The van der Waals surface area contributed by atoms with E-state index in [1.807, 2.05) is 24.3 Å². The smallest absolute Gasteiger partial charge is 0.0684 e. The lowest BCUT2D eigenvalue weighted by molar-refractivity contribution is 0.177. The van der Waals surface area contributed by atoms with E-state index >= 15 is 0 Å². The molecule has 1 aliphatic rings. The van der Waals surface area contributed by atoms with Crippen LogP contribution in [-0.2, 0) is 5.54 Å². The molecule has 3 heteroatoms. The average Bonchev–Trinajstić information content (AvgIpc) is 2.22. The minimum Gasteiger partial charge on any atom is -0.321 e. The van der Waals surface area contributed by atoms with E-state index in [1.54, 1.807) is 6.21 Å². The molecule has 86 valence electrons. The first kappa shape index (κ1) is 11.3. The zero-order chi connectivity index (χ0) is 12.0.